The van der Waals surface area contributed by atoms with Crippen LogP contribution in [0.1, 0.15) is 33.0 Å². The Bertz CT molecular complexity index is 554. The molecule has 1 aromatic rings. The molecule has 2 atom stereocenters. The number of carbonyl (C=O) groups excluding carboxylic acids is 1. The third-order valence-corrected chi connectivity index (χ3v) is 3.86. The quantitative estimate of drug-likeness (QED) is 0.784. The molecule has 1 aromatic carbocycles. The summed E-state index contributed by atoms with van der Waals surface area (Å²) in [5.41, 5.74) is 9.88. The molecule has 0 aliphatic heterocycles. The van der Waals surface area contributed by atoms with Gasteiger partial charge in [0.05, 0.1) is 0 Å². The second kappa shape index (κ2) is 3.59. The van der Waals surface area contributed by atoms with Gasteiger partial charge in [0.25, 0.3) is 0 Å². The van der Waals surface area contributed by atoms with E-state index in [1.807, 2.05) is 12.1 Å². The van der Waals surface area contributed by atoms with Crippen LogP contribution in [0.15, 0.2) is 36.4 Å². The van der Waals surface area contributed by atoms with Gasteiger partial charge in [0.1, 0.15) is 0 Å². The zero-order valence-electron chi connectivity index (χ0n) is 9.81. The number of nitrogens with two attached hydrogens (primary N) is 1. The SMILES string of the molecule is Cc1ccc(C(N)=O)c2c1C1C=CC=CC1C2. The first-order valence-corrected chi connectivity index (χ1v) is 5.95. The van der Waals surface area contributed by atoms with Crippen LogP contribution in [0.25, 0.3) is 0 Å². The lowest BCUT2D eigenvalue weighted by Gasteiger charge is -2.17. The number of carbonyl (C=O) groups is 1. The van der Waals surface area contributed by atoms with E-state index in [0.29, 0.717) is 17.4 Å². The van der Waals surface area contributed by atoms with Gasteiger partial charge in [0, 0.05) is 11.5 Å². The van der Waals surface area contributed by atoms with E-state index in [9.17, 15) is 4.79 Å². The molecule has 2 aliphatic carbocycles. The van der Waals surface area contributed by atoms with Gasteiger partial charge < -0.3 is 5.73 Å². The zero-order chi connectivity index (χ0) is 12.0. The van der Waals surface area contributed by atoms with E-state index < -0.39 is 0 Å². The minimum absolute atomic E-state index is 0.312. The van der Waals surface area contributed by atoms with Crippen LogP contribution >= 0.6 is 0 Å². The van der Waals surface area contributed by atoms with Gasteiger partial charge in [-0.3, -0.25) is 4.79 Å². The van der Waals surface area contributed by atoms with Crippen LogP contribution in [0.3, 0.4) is 0 Å². The topological polar surface area (TPSA) is 43.1 Å². The predicted octanol–water partition coefficient (Wildman–Crippen LogP) is 2.48. The molecule has 0 bridgehead atoms. The van der Waals surface area contributed by atoms with E-state index in [0.717, 1.165) is 12.0 Å². The first kappa shape index (κ1) is 10.3. The van der Waals surface area contributed by atoms with Crippen molar-refractivity contribution in [3.05, 3.63) is 58.7 Å². The molecule has 2 unspecified atom stereocenters. The highest BCUT2D eigenvalue weighted by Gasteiger charge is 2.33. The number of hydrogen-bond acceptors (Lipinski definition) is 1. The summed E-state index contributed by atoms with van der Waals surface area (Å²) in [7, 11) is 0. The largest absolute Gasteiger partial charge is 0.366 e. The molecule has 2 nitrogen and oxygen atoms in total. The van der Waals surface area contributed by atoms with E-state index in [1.165, 1.54) is 11.1 Å². The second-order valence-electron chi connectivity index (χ2n) is 4.85. The lowest BCUT2D eigenvalue weighted by Crippen LogP contribution is -2.14. The highest BCUT2D eigenvalue weighted by Crippen LogP contribution is 2.44. The average Bonchev–Trinajstić information content (AvgIpc) is 2.68. The fraction of sp³-hybridized carbons (Fsp3) is 0.267. The molecule has 0 fully saturated rings. The van der Waals surface area contributed by atoms with Crippen molar-refractivity contribution in [1.29, 1.82) is 0 Å². The van der Waals surface area contributed by atoms with Crippen LogP contribution in [0.4, 0.5) is 0 Å². The Morgan fingerprint density at radius 2 is 2.06 bits per heavy atom. The van der Waals surface area contributed by atoms with Gasteiger partial charge in [0.2, 0.25) is 5.91 Å². The molecule has 0 spiro atoms. The number of amides is 1. The summed E-state index contributed by atoms with van der Waals surface area (Å²) in [6.07, 6.45) is 9.57. The third kappa shape index (κ3) is 1.44. The molecule has 0 saturated heterocycles. The Hall–Kier alpha value is -1.83. The van der Waals surface area contributed by atoms with Crippen LogP contribution < -0.4 is 5.73 Å². The summed E-state index contributed by atoms with van der Waals surface area (Å²) in [5.74, 6) is 0.608. The number of rotatable bonds is 1. The molecule has 0 heterocycles. The highest BCUT2D eigenvalue weighted by molar-refractivity contribution is 5.95. The van der Waals surface area contributed by atoms with Crippen LogP contribution in [-0.4, -0.2) is 5.91 Å². The van der Waals surface area contributed by atoms with Crippen molar-refractivity contribution in [3.8, 4) is 0 Å². The van der Waals surface area contributed by atoms with Crippen molar-refractivity contribution >= 4 is 5.91 Å². The molecule has 0 saturated carbocycles. The first-order valence-electron chi connectivity index (χ1n) is 5.95. The second-order valence-corrected chi connectivity index (χ2v) is 4.85. The summed E-state index contributed by atoms with van der Waals surface area (Å²) in [6, 6.07) is 3.87. The molecular weight excluding hydrogens is 210 g/mol. The zero-order valence-corrected chi connectivity index (χ0v) is 9.81. The summed E-state index contributed by atoms with van der Waals surface area (Å²) in [6.45, 7) is 2.11. The van der Waals surface area contributed by atoms with E-state index in [4.69, 9.17) is 5.73 Å². The number of benzene rings is 1. The monoisotopic (exact) mass is 225 g/mol. The van der Waals surface area contributed by atoms with Gasteiger partial charge in [-0.05, 0) is 42.0 Å². The van der Waals surface area contributed by atoms with Crippen LogP contribution in [0.5, 0.6) is 0 Å². The molecular formula is C15H15NO. The minimum Gasteiger partial charge on any atom is -0.366 e. The molecule has 2 heteroatoms. The number of aryl methyl sites for hydroxylation is 1. The number of primary amides is 1. The molecule has 0 radical (unpaired) electrons. The molecule has 2 N–H and O–H groups in total. The van der Waals surface area contributed by atoms with Crippen molar-refractivity contribution in [3.63, 3.8) is 0 Å². The van der Waals surface area contributed by atoms with Crippen molar-refractivity contribution in [1.82, 2.24) is 0 Å². The number of allylic oxidation sites excluding steroid dienone is 4. The van der Waals surface area contributed by atoms with E-state index in [1.54, 1.807) is 0 Å². The Labute approximate surface area is 101 Å². The maximum Gasteiger partial charge on any atom is 0.248 e. The Kier molecular flexibility index (Phi) is 2.18. The average molecular weight is 225 g/mol. The van der Waals surface area contributed by atoms with Gasteiger partial charge in [-0.15, -0.1) is 0 Å². The summed E-state index contributed by atoms with van der Waals surface area (Å²) < 4.78 is 0. The predicted molar refractivity (Wildman–Crippen MR) is 67.9 cm³/mol. The molecule has 86 valence electrons. The van der Waals surface area contributed by atoms with Gasteiger partial charge in [-0.2, -0.15) is 0 Å². The Morgan fingerprint density at radius 1 is 1.29 bits per heavy atom. The lowest BCUT2D eigenvalue weighted by molar-refractivity contribution is 0.0999. The van der Waals surface area contributed by atoms with E-state index >= 15 is 0 Å². The number of fused-ring (bicyclic) bond motifs is 3. The third-order valence-electron chi connectivity index (χ3n) is 3.86. The fourth-order valence-corrected chi connectivity index (χ4v) is 3.09. The molecule has 2 aliphatic rings. The maximum absolute atomic E-state index is 11.5. The normalized spacial score (nSPS) is 24.5. The molecule has 1 amide bonds. The molecule has 17 heavy (non-hydrogen) atoms. The van der Waals surface area contributed by atoms with Crippen LogP contribution in [0, 0.1) is 12.8 Å². The van der Waals surface area contributed by atoms with Gasteiger partial charge >= 0.3 is 0 Å². The first-order chi connectivity index (χ1) is 8.18. The van der Waals surface area contributed by atoms with Crippen LogP contribution in [0.2, 0.25) is 0 Å². The van der Waals surface area contributed by atoms with E-state index in [-0.39, 0.29) is 5.91 Å². The summed E-state index contributed by atoms with van der Waals surface area (Å²) in [5, 5.41) is 0. The van der Waals surface area contributed by atoms with Crippen molar-refractivity contribution in [2.75, 3.05) is 0 Å². The van der Waals surface area contributed by atoms with Crippen molar-refractivity contribution in [2.45, 2.75) is 19.3 Å². The van der Waals surface area contributed by atoms with E-state index in [2.05, 4.69) is 31.2 Å². The van der Waals surface area contributed by atoms with Crippen molar-refractivity contribution in [2.24, 2.45) is 11.7 Å². The fourth-order valence-electron chi connectivity index (χ4n) is 3.09. The molecule has 3 rings (SSSR count). The van der Waals surface area contributed by atoms with Crippen molar-refractivity contribution < 1.29 is 4.79 Å². The number of hydrogen-bond donors (Lipinski definition) is 1. The van der Waals surface area contributed by atoms with Gasteiger partial charge in [0.15, 0.2) is 0 Å². The summed E-state index contributed by atoms with van der Waals surface area (Å²) in [4.78, 5) is 11.5. The maximum atomic E-state index is 11.5. The summed E-state index contributed by atoms with van der Waals surface area (Å²) >= 11 is 0. The standard InChI is InChI=1S/C15H15NO/c1-9-6-7-12(15(16)17)13-8-10-4-2-3-5-11(10)14(9)13/h2-7,10-11H,8H2,1H3,(H2,16,17). The minimum atomic E-state index is -0.312. The molecule has 0 aromatic heterocycles. The Balaban J connectivity index is 2.21. The lowest BCUT2D eigenvalue weighted by atomic mass is 9.87. The van der Waals surface area contributed by atoms with Crippen LogP contribution in [-0.2, 0) is 6.42 Å². The Morgan fingerprint density at radius 3 is 2.82 bits per heavy atom. The van der Waals surface area contributed by atoms with Gasteiger partial charge in [-0.1, -0.05) is 30.4 Å². The van der Waals surface area contributed by atoms with Gasteiger partial charge in [-0.25, -0.2) is 0 Å². The smallest absolute Gasteiger partial charge is 0.248 e. The highest BCUT2D eigenvalue weighted by atomic mass is 16.1.